The first-order valence-electron chi connectivity index (χ1n) is 5.69. The number of imide groups is 1. The SMILES string of the molecule is CCC(CO)(CO)N1C(=O)CCCCC1=O. The zero-order valence-electron chi connectivity index (χ0n) is 9.61. The molecule has 0 spiro atoms. The Kier molecular flexibility index (Phi) is 4.44. The van der Waals surface area contributed by atoms with E-state index in [0.29, 0.717) is 32.1 Å². The highest BCUT2D eigenvalue weighted by atomic mass is 16.3. The lowest BCUT2D eigenvalue weighted by atomic mass is 9.95. The predicted octanol–water partition coefficient (Wildman–Crippen LogP) is 0.0490. The first-order chi connectivity index (χ1) is 7.61. The molecule has 16 heavy (non-hydrogen) atoms. The van der Waals surface area contributed by atoms with Gasteiger partial charge in [-0.3, -0.25) is 14.5 Å². The Morgan fingerprint density at radius 1 is 1.12 bits per heavy atom. The monoisotopic (exact) mass is 229 g/mol. The van der Waals surface area contributed by atoms with E-state index < -0.39 is 18.8 Å². The topological polar surface area (TPSA) is 77.8 Å². The average molecular weight is 229 g/mol. The zero-order valence-corrected chi connectivity index (χ0v) is 9.61. The van der Waals surface area contributed by atoms with Gasteiger partial charge in [0.25, 0.3) is 0 Å². The lowest BCUT2D eigenvalue weighted by molar-refractivity contribution is -0.156. The number of aliphatic hydroxyl groups excluding tert-OH is 2. The molecule has 0 aliphatic carbocycles. The normalized spacial score (nSPS) is 18.8. The minimum absolute atomic E-state index is 0.285. The Balaban J connectivity index is 3.03. The van der Waals surface area contributed by atoms with Crippen LogP contribution in [0.15, 0.2) is 0 Å². The van der Waals surface area contributed by atoms with E-state index in [1.165, 1.54) is 0 Å². The highest BCUT2D eigenvalue weighted by Gasteiger charge is 2.41. The molecule has 0 bridgehead atoms. The Hall–Kier alpha value is -0.940. The van der Waals surface area contributed by atoms with Crippen LogP contribution in [0.25, 0.3) is 0 Å². The molecule has 0 aromatic carbocycles. The van der Waals surface area contributed by atoms with Gasteiger partial charge >= 0.3 is 0 Å². The number of aliphatic hydroxyl groups is 2. The van der Waals surface area contributed by atoms with Gasteiger partial charge in [-0.05, 0) is 19.3 Å². The summed E-state index contributed by atoms with van der Waals surface area (Å²) in [6.45, 7) is 0.965. The van der Waals surface area contributed by atoms with E-state index in [-0.39, 0.29) is 11.8 Å². The highest BCUT2D eigenvalue weighted by molar-refractivity contribution is 5.97. The fourth-order valence-electron chi connectivity index (χ4n) is 2.02. The van der Waals surface area contributed by atoms with Crippen LogP contribution >= 0.6 is 0 Å². The number of amides is 2. The van der Waals surface area contributed by atoms with E-state index in [0.717, 1.165) is 4.90 Å². The summed E-state index contributed by atoms with van der Waals surface area (Å²) in [5, 5.41) is 18.7. The number of nitrogens with zero attached hydrogens (tertiary/aromatic N) is 1. The van der Waals surface area contributed by atoms with Crippen molar-refractivity contribution in [3.8, 4) is 0 Å². The number of hydrogen-bond donors (Lipinski definition) is 2. The molecule has 92 valence electrons. The Morgan fingerprint density at radius 3 is 1.88 bits per heavy atom. The van der Waals surface area contributed by atoms with E-state index in [2.05, 4.69) is 0 Å². The van der Waals surface area contributed by atoms with E-state index in [9.17, 15) is 19.8 Å². The summed E-state index contributed by atoms with van der Waals surface area (Å²) in [6.07, 6.45) is 2.37. The largest absolute Gasteiger partial charge is 0.394 e. The van der Waals surface area contributed by atoms with Crippen LogP contribution in [-0.4, -0.2) is 45.7 Å². The number of carbonyl (C=O) groups is 2. The predicted molar refractivity (Wildman–Crippen MR) is 57.5 cm³/mol. The second-order valence-corrected chi connectivity index (χ2v) is 4.22. The fourth-order valence-corrected chi connectivity index (χ4v) is 2.02. The van der Waals surface area contributed by atoms with Gasteiger partial charge in [0.15, 0.2) is 0 Å². The van der Waals surface area contributed by atoms with Gasteiger partial charge in [-0.15, -0.1) is 0 Å². The molecule has 2 N–H and O–H groups in total. The maximum atomic E-state index is 11.8. The van der Waals surface area contributed by atoms with Crippen molar-refractivity contribution in [2.45, 2.75) is 44.6 Å². The zero-order chi connectivity index (χ0) is 12.2. The second-order valence-electron chi connectivity index (χ2n) is 4.22. The van der Waals surface area contributed by atoms with Crippen molar-refractivity contribution in [3.63, 3.8) is 0 Å². The number of hydrogen-bond acceptors (Lipinski definition) is 4. The molecule has 0 aromatic rings. The van der Waals surface area contributed by atoms with E-state index in [4.69, 9.17) is 0 Å². The van der Waals surface area contributed by atoms with Crippen molar-refractivity contribution in [3.05, 3.63) is 0 Å². The van der Waals surface area contributed by atoms with Crippen LogP contribution in [0.4, 0.5) is 0 Å². The molecule has 5 heteroatoms. The minimum Gasteiger partial charge on any atom is -0.394 e. The lowest BCUT2D eigenvalue weighted by Gasteiger charge is -2.38. The summed E-state index contributed by atoms with van der Waals surface area (Å²) in [5.74, 6) is -0.570. The van der Waals surface area contributed by atoms with Crippen molar-refractivity contribution in [1.29, 1.82) is 0 Å². The van der Waals surface area contributed by atoms with Gasteiger partial charge in [0.05, 0.1) is 18.8 Å². The molecule has 1 rings (SSSR count). The van der Waals surface area contributed by atoms with Crippen LogP contribution in [0.5, 0.6) is 0 Å². The summed E-state index contributed by atoms with van der Waals surface area (Å²) < 4.78 is 0. The molecule has 0 atom stereocenters. The van der Waals surface area contributed by atoms with Gasteiger partial charge in [-0.2, -0.15) is 0 Å². The van der Waals surface area contributed by atoms with Crippen LogP contribution in [0, 0.1) is 0 Å². The quantitative estimate of drug-likeness (QED) is 0.668. The van der Waals surface area contributed by atoms with Gasteiger partial charge in [-0.25, -0.2) is 0 Å². The summed E-state index contributed by atoms with van der Waals surface area (Å²) in [6, 6.07) is 0. The molecule has 0 radical (unpaired) electrons. The van der Waals surface area contributed by atoms with Gasteiger partial charge in [0.1, 0.15) is 0 Å². The Bertz CT molecular complexity index is 247. The molecule has 1 aliphatic heterocycles. The van der Waals surface area contributed by atoms with Crippen molar-refractivity contribution in [2.75, 3.05) is 13.2 Å². The Morgan fingerprint density at radius 2 is 1.56 bits per heavy atom. The summed E-state index contributed by atoms with van der Waals surface area (Å²) in [7, 11) is 0. The first kappa shape index (κ1) is 13.1. The van der Waals surface area contributed by atoms with Crippen LogP contribution in [0.1, 0.15) is 39.0 Å². The maximum Gasteiger partial charge on any atom is 0.229 e. The van der Waals surface area contributed by atoms with Crippen LogP contribution in [0.3, 0.4) is 0 Å². The summed E-state index contributed by atoms with van der Waals surface area (Å²) in [4.78, 5) is 24.7. The second kappa shape index (κ2) is 5.41. The first-order valence-corrected chi connectivity index (χ1v) is 5.69. The molecule has 1 saturated heterocycles. The van der Waals surface area contributed by atoms with Crippen LogP contribution in [-0.2, 0) is 9.59 Å². The van der Waals surface area contributed by atoms with E-state index in [1.54, 1.807) is 6.92 Å². The maximum absolute atomic E-state index is 11.8. The van der Waals surface area contributed by atoms with E-state index >= 15 is 0 Å². The van der Waals surface area contributed by atoms with Crippen LogP contribution in [0.2, 0.25) is 0 Å². The lowest BCUT2D eigenvalue weighted by Crippen LogP contribution is -2.58. The minimum atomic E-state index is -1.13. The average Bonchev–Trinajstić information content (AvgIpc) is 2.46. The number of carbonyl (C=O) groups excluding carboxylic acids is 2. The number of rotatable bonds is 4. The molecule has 1 fully saturated rings. The van der Waals surface area contributed by atoms with Crippen molar-refractivity contribution >= 4 is 11.8 Å². The van der Waals surface area contributed by atoms with Gasteiger partial charge in [-0.1, -0.05) is 6.92 Å². The molecule has 2 amide bonds. The van der Waals surface area contributed by atoms with Crippen molar-refractivity contribution in [2.24, 2.45) is 0 Å². The molecule has 0 saturated carbocycles. The van der Waals surface area contributed by atoms with E-state index in [1.807, 2.05) is 0 Å². The smallest absolute Gasteiger partial charge is 0.229 e. The molecular formula is C11H19NO4. The molecule has 1 heterocycles. The molecular weight excluding hydrogens is 210 g/mol. The highest BCUT2D eigenvalue weighted by Crippen LogP contribution is 2.25. The third-order valence-corrected chi connectivity index (χ3v) is 3.25. The fraction of sp³-hybridized carbons (Fsp3) is 0.818. The third-order valence-electron chi connectivity index (χ3n) is 3.25. The Labute approximate surface area is 95.1 Å². The van der Waals surface area contributed by atoms with Crippen molar-refractivity contribution < 1.29 is 19.8 Å². The van der Waals surface area contributed by atoms with Gasteiger partial charge in [0, 0.05) is 12.8 Å². The summed E-state index contributed by atoms with van der Waals surface area (Å²) >= 11 is 0. The molecule has 0 unspecified atom stereocenters. The van der Waals surface area contributed by atoms with Gasteiger partial charge in [0.2, 0.25) is 11.8 Å². The molecule has 1 aliphatic rings. The number of likely N-dealkylation sites (tertiary alicyclic amines) is 1. The summed E-state index contributed by atoms with van der Waals surface area (Å²) in [5.41, 5.74) is -1.13. The van der Waals surface area contributed by atoms with Crippen LogP contribution < -0.4 is 0 Å². The third kappa shape index (κ3) is 2.25. The molecule has 5 nitrogen and oxygen atoms in total. The van der Waals surface area contributed by atoms with Gasteiger partial charge < -0.3 is 10.2 Å². The van der Waals surface area contributed by atoms with Crippen molar-refractivity contribution in [1.82, 2.24) is 4.90 Å². The standard InChI is InChI=1S/C11H19NO4/c1-2-11(7-13,8-14)12-9(15)5-3-4-6-10(12)16/h13-14H,2-8H2,1H3. The molecule has 0 aromatic heterocycles.